The van der Waals surface area contributed by atoms with Gasteiger partial charge in [-0.15, -0.1) is 0 Å². The van der Waals surface area contributed by atoms with E-state index in [0.717, 1.165) is 0 Å². The SMILES string of the molecule is CC(C)(C)OC(=O)NCC(=O)Nc1ccc(Br)nc1N. The summed E-state index contributed by atoms with van der Waals surface area (Å²) in [7, 11) is 0. The Morgan fingerprint density at radius 1 is 1.40 bits per heavy atom. The molecule has 1 heterocycles. The predicted molar refractivity (Wildman–Crippen MR) is 79.2 cm³/mol. The second kappa shape index (κ2) is 6.56. The summed E-state index contributed by atoms with van der Waals surface area (Å²) in [4.78, 5) is 27.0. The Hall–Kier alpha value is -1.83. The van der Waals surface area contributed by atoms with E-state index in [4.69, 9.17) is 10.5 Å². The van der Waals surface area contributed by atoms with E-state index in [0.29, 0.717) is 10.3 Å². The van der Waals surface area contributed by atoms with Crippen LogP contribution in [0.1, 0.15) is 20.8 Å². The summed E-state index contributed by atoms with van der Waals surface area (Å²) in [5.74, 6) is -0.239. The Kier molecular flexibility index (Phi) is 5.32. The Morgan fingerprint density at radius 2 is 2.05 bits per heavy atom. The van der Waals surface area contributed by atoms with Crippen molar-refractivity contribution in [2.45, 2.75) is 26.4 Å². The summed E-state index contributed by atoms with van der Waals surface area (Å²) in [5.41, 5.74) is 5.41. The van der Waals surface area contributed by atoms with E-state index in [1.54, 1.807) is 32.9 Å². The lowest BCUT2D eigenvalue weighted by atomic mass is 10.2. The van der Waals surface area contributed by atoms with Gasteiger partial charge in [-0.3, -0.25) is 4.79 Å². The molecule has 0 saturated carbocycles. The van der Waals surface area contributed by atoms with Crippen molar-refractivity contribution in [1.82, 2.24) is 10.3 Å². The number of nitrogens with two attached hydrogens (primary N) is 1. The van der Waals surface area contributed by atoms with Gasteiger partial charge in [0.2, 0.25) is 5.91 Å². The van der Waals surface area contributed by atoms with Crippen LogP contribution in [0, 0.1) is 0 Å². The molecule has 0 aromatic carbocycles. The third-order valence-corrected chi connectivity index (χ3v) is 2.40. The fraction of sp³-hybridized carbons (Fsp3) is 0.417. The van der Waals surface area contributed by atoms with Gasteiger partial charge in [-0.2, -0.15) is 0 Å². The van der Waals surface area contributed by atoms with Crippen molar-refractivity contribution < 1.29 is 14.3 Å². The predicted octanol–water partition coefficient (Wildman–Crippen LogP) is 1.89. The van der Waals surface area contributed by atoms with Crippen LogP contribution in [0.2, 0.25) is 0 Å². The molecule has 20 heavy (non-hydrogen) atoms. The van der Waals surface area contributed by atoms with Gasteiger partial charge >= 0.3 is 6.09 Å². The number of rotatable bonds is 3. The number of ether oxygens (including phenoxy) is 1. The average molecular weight is 345 g/mol. The molecule has 7 nitrogen and oxygen atoms in total. The molecule has 0 bridgehead atoms. The summed E-state index contributed by atoms with van der Waals surface area (Å²) in [6.45, 7) is 4.99. The molecule has 0 radical (unpaired) electrons. The molecule has 0 aliphatic rings. The molecule has 0 spiro atoms. The summed E-state index contributed by atoms with van der Waals surface area (Å²) >= 11 is 3.16. The molecule has 1 aromatic rings. The molecule has 110 valence electrons. The number of pyridine rings is 1. The lowest BCUT2D eigenvalue weighted by Crippen LogP contribution is -2.37. The largest absolute Gasteiger partial charge is 0.444 e. The molecule has 0 aliphatic carbocycles. The van der Waals surface area contributed by atoms with E-state index in [1.165, 1.54) is 0 Å². The van der Waals surface area contributed by atoms with Gasteiger partial charge in [0, 0.05) is 0 Å². The number of aromatic nitrogens is 1. The number of amides is 2. The maximum atomic E-state index is 11.6. The van der Waals surface area contributed by atoms with Gasteiger partial charge in [-0.1, -0.05) is 0 Å². The fourth-order valence-corrected chi connectivity index (χ4v) is 1.54. The van der Waals surface area contributed by atoms with Crippen molar-refractivity contribution >= 4 is 39.4 Å². The van der Waals surface area contributed by atoms with Crippen LogP contribution in [0.25, 0.3) is 0 Å². The van der Waals surface area contributed by atoms with Crippen LogP contribution in [-0.2, 0) is 9.53 Å². The van der Waals surface area contributed by atoms with Crippen LogP contribution < -0.4 is 16.4 Å². The fourth-order valence-electron chi connectivity index (χ4n) is 1.22. The van der Waals surface area contributed by atoms with Crippen molar-refractivity contribution in [2.75, 3.05) is 17.6 Å². The van der Waals surface area contributed by atoms with Crippen molar-refractivity contribution in [3.05, 3.63) is 16.7 Å². The van der Waals surface area contributed by atoms with Gasteiger partial charge in [-0.05, 0) is 48.8 Å². The number of nitrogens with one attached hydrogen (secondary N) is 2. The van der Waals surface area contributed by atoms with Crippen molar-refractivity contribution in [3.63, 3.8) is 0 Å². The molecule has 0 fully saturated rings. The number of nitrogen functional groups attached to an aromatic ring is 1. The van der Waals surface area contributed by atoms with E-state index in [1.807, 2.05) is 0 Å². The Labute approximate surface area is 125 Å². The molecule has 2 amide bonds. The average Bonchev–Trinajstić information content (AvgIpc) is 2.28. The standard InChI is InChI=1S/C12H17BrN4O3/c1-12(2,3)20-11(19)15-6-9(18)16-7-4-5-8(13)17-10(7)14/h4-5H,6H2,1-3H3,(H2,14,17)(H,15,19)(H,16,18). The zero-order chi connectivity index (χ0) is 15.3. The van der Waals surface area contributed by atoms with Crippen molar-refractivity contribution in [2.24, 2.45) is 0 Å². The number of halogens is 1. The minimum atomic E-state index is -0.658. The minimum absolute atomic E-state index is 0.185. The second-order valence-corrected chi connectivity index (χ2v) is 5.78. The van der Waals surface area contributed by atoms with Gasteiger partial charge in [0.05, 0.1) is 5.69 Å². The molecule has 0 unspecified atom stereocenters. The van der Waals surface area contributed by atoms with Gasteiger partial charge in [0.1, 0.15) is 22.6 Å². The summed E-state index contributed by atoms with van der Waals surface area (Å²) in [6.07, 6.45) is -0.658. The van der Waals surface area contributed by atoms with Gasteiger partial charge in [0.25, 0.3) is 0 Å². The second-order valence-electron chi connectivity index (χ2n) is 4.97. The summed E-state index contributed by atoms with van der Waals surface area (Å²) in [5, 5.41) is 4.88. The highest BCUT2D eigenvalue weighted by Gasteiger charge is 2.16. The summed E-state index contributed by atoms with van der Waals surface area (Å²) < 4.78 is 5.57. The van der Waals surface area contributed by atoms with Crippen LogP contribution in [0.3, 0.4) is 0 Å². The van der Waals surface area contributed by atoms with Crippen LogP contribution in [0.15, 0.2) is 16.7 Å². The highest BCUT2D eigenvalue weighted by atomic mass is 79.9. The first-order valence-electron chi connectivity index (χ1n) is 5.86. The maximum absolute atomic E-state index is 11.6. The minimum Gasteiger partial charge on any atom is -0.444 e. The number of hydrogen-bond acceptors (Lipinski definition) is 5. The van der Waals surface area contributed by atoms with E-state index in [9.17, 15) is 9.59 Å². The van der Waals surface area contributed by atoms with E-state index in [-0.39, 0.29) is 12.4 Å². The summed E-state index contributed by atoms with van der Waals surface area (Å²) in [6, 6.07) is 3.26. The van der Waals surface area contributed by atoms with E-state index >= 15 is 0 Å². The topological polar surface area (TPSA) is 106 Å². The van der Waals surface area contributed by atoms with Crippen LogP contribution >= 0.6 is 15.9 Å². The maximum Gasteiger partial charge on any atom is 0.408 e. The molecule has 4 N–H and O–H groups in total. The van der Waals surface area contributed by atoms with Crippen LogP contribution in [0.4, 0.5) is 16.3 Å². The first kappa shape index (κ1) is 16.2. The first-order valence-corrected chi connectivity index (χ1v) is 6.65. The molecular formula is C12H17BrN4O3. The molecule has 0 aliphatic heterocycles. The Morgan fingerprint density at radius 3 is 2.60 bits per heavy atom. The number of anilines is 2. The molecule has 8 heteroatoms. The zero-order valence-electron chi connectivity index (χ0n) is 11.5. The van der Waals surface area contributed by atoms with Crippen molar-refractivity contribution in [3.8, 4) is 0 Å². The quantitative estimate of drug-likeness (QED) is 0.726. The third-order valence-electron chi connectivity index (χ3n) is 1.96. The van der Waals surface area contributed by atoms with Crippen molar-refractivity contribution in [1.29, 1.82) is 0 Å². The number of nitrogens with zero attached hydrogens (tertiary/aromatic N) is 1. The molecule has 0 saturated heterocycles. The normalized spacial score (nSPS) is 10.8. The number of alkyl carbamates (subject to hydrolysis) is 1. The lowest BCUT2D eigenvalue weighted by molar-refractivity contribution is -0.115. The highest BCUT2D eigenvalue weighted by Crippen LogP contribution is 2.18. The van der Waals surface area contributed by atoms with Crippen LogP contribution in [0.5, 0.6) is 0 Å². The molecule has 1 rings (SSSR count). The van der Waals surface area contributed by atoms with E-state index < -0.39 is 17.6 Å². The van der Waals surface area contributed by atoms with E-state index in [2.05, 4.69) is 31.5 Å². The van der Waals surface area contributed by atoms with Crippen LogP contribution in [-0.4, -0.2) is 29.1 Å². The van der Waals surface area contributed by atoms with Gasteiger partial charge in [0.15, 0.2) is 0 Å². The highest BCUT2D eigenvalue weighted by molar-refractivity contribution is 9.10. The Bertz CT molecular complexity index is 514. The number of carbonyl (C=O) groups excluding carboxylic acids is 2. The molecule has 1 aromatic heterocycles. The number of hydrogen-bond donors (Lipinski definition) is 3. The monoisotopic (exact) mass is 344 g/mol. The molecule has 0 atom stereocenters. The third kappa shape index (κ3) is 5.87. The van der Waals surface area contributed by atoms with Gasteiger partial charge < -0.3 is 21.1 Å². The Balaban J connectivity index is 2.46. The smallest absolute Gasteiger partial charge is 0.408 e. The first-order chi connectivity index (χ1) is 9.17. The van der Waals surface area contributed by atoms with Gasteiger partial charge in [-0.25, -0.2) is 9.78 Å². The molecular weight excluding hydrogens is 328 g/mol. The lowest BCUT2D eigenvalue weighted by Gasteiger charge is -2.19. The number of carbonyl (C=O) groups is 2. The zero-order valence-corrected chi connectivity index (χ0v) is 13.1.